The van der Waals surface area contributed by atoms with E-state index in [1.807, 2.05) is 0 Å². The van der Waals surface area contributed by atoms with E-state index in [2.05, 4.69) is 0 Å². The molecule has 0 atom stereocenters. The van der Waals surface area contributed by atoms with Crippen LogP contribution in [0.1, 0.15) is 10.4 Å². The number of nitro benzene ring substituents is 2. The predicted octanol–water partition coefficient (Wildman–Crippen LogP) is 1.02. The number of carbonyl (C=O) groups excluding carboxylic acids is 1. The van der Waals surface area contributed by atoms with Crippen molar-refractivity contribution in [2.45, 2.75) is 0 Å². The minimum absolute atomic E-state index is 0.173. The summed E-state index contributed by atoms with van der Waals surface area (Å²) in [5, 5.41) is 29.9. The van der Waals surface area contributed by atoms with E-state index in [1.165, 1.54) is 0 Å². The van der Waals surface area contributed by atoms with Gasteiger partial charge in [-0.2, -0.15) is 0 Å². The Hall–Kier alpha value is -2.51. The van der Waals surface area contributed by atoms with Crippen molar-refractivity contribution in [1.29, 1.82) is 0 Å². The molecular formula is C7H4N2O6. The third kappa shape index (κ3) is 1.88. The van der Waals surface area contributed by atoms with Crippen LogP contribution in [-0.4, -0.2) is 21.2 Å². The molecule has 1 N–H and O–H groups in total. The molecule has 0 aliphatic heterocycles. The molecule has 0 spiro atoms. The summed E-state index contributed by atoms with van der Waals surface area (Å²) < 4.78 is 0. The van der Waals surface area contributed by atoms with Gasteiger partial charge in [0, 0.05) is 6.07 Å². The van der Waals surface area contributed by atoms with Gasteiger partial charge in [0.15, 0.2) is 6.29 Å². The molecule has 0 aromatic heterocycles. The highest BCUT2D eigenvalue weighted by Crippen LogP contribution is 2.32. The lowest BCUT2D eigenvalue weighted by atomic mass is 10.1. The first kappa shape index (κ1) is 10.6. The van der Waals surface area contributed by atoms with Crippen LogP contribution in [0.4, 0.5) is 11.4 Å². The first-order valence-corrected chi connectivity index (χ1v) is 3.58. The van der Waals surface area contributed by atoms with E-state index < -0.39 is 27.0 Å². The zero-order valence-electron chi connectivity index (χ0n) is 7.11. The van der Waals surface area contributed by atoms with Gasteiger partial charge in [-0.3, -0.25) is 25.0 Å². The topological polar surface area (TPSA) is 124 Å². The molecule has 0 radical (unpaired) electrons. The summed E-state index contributed by atoms with van der Waals surface area (Å²) in [4.78, 5) is 29.1. The number of aromatic hydroxyl groups is 1. The van der Waals surface area contributed by atoms with Gasteiger partial charge in [-0.05, 0) is 0 Å². The Labute approximate surface area is 82.1 Å². The summed E-state index contributed by atoms with van der Waals surface area (Å²) >= 11 is 0. The quantitative estimate of drug-likeness (QED) is 0.453. The van der Waals surface area contributed by atoms with Crippen LogP contribution in [0.3, 0.4) is 0 Å². The van der Waals surface area contributed by atoms with Crippen molar-refractivity contribution < 1.29 is 19.7 Å². The van der Waals surface area contributed by atoms with Gasteiger partial charge < -0.3 is 5.11 Å². The zero-order chi connectivity index (χ0) is 11.6. The Morgan fingerprint density at radius 2 is 1.60 bits per heavy atom. The van der Waals surface area contributed by atoms with Crippen molar-refractivity contribution in [2.24, 2.45) is 0 Å². The Balaban J connectivity index is 3.52. The average molecular weight is 212 g/mol. The number of phenolic OH excluding ortho intramolecular Hbond substituents is 1. The third-order valence-electron chi connectivity index (χ3n) is 1.64. The molecule has 1 rings (SSSR count). The molecule has 0 unspecified atom stereocenters. The van der Waals surface area contributed by atoms with Crippen LogP contribution in [-0.2, 0) is 0 Å². The minimum Gasteiger partial charge on any atom is -0.507 e. The molecule has 0 fully saturated rings. The van der Waals surface area contributed by atoms with Gasteiger partial charge in [0.25, 0.3) is 0 Å². The predicted molar refractivity (Wildman–Crippen MR) is 46.8 cm³/mol. The van der Waals surface area contributed by atoms with Crippen molar-refractivity contribution >= 4 is 17.7 Å². The molecule has 0 amide bonds. The highest BCUT2D eigenvalue weighted by atomic mass is 16.6. The van der Waals surface area contributed by atoms with E-state index in [0.717, 1.165) is 0 Å². The van der Waals surface area contributed by atoms with Gasteiger partial charge in [-0.15, -0.1) is 0 Å². The van der Waals surface area contributed by atoms with Crippen molar-refractivity contribution in [3.63, 3.8) is 0 Å². The second-order valence-electron chi connectivity index (χ2n) is 2.53. The van der Waals surface area contributed by atoms with Crippen molar-refractivity contribution in [3.05, 3.63) is 37.9 Å². The van der Waals surface area contributed by atoms with E-state index in [4.69, 9.17) is 5.11 Å². The monoisotopic (exact) mass is 212 g/mol. The van der Waals surface area contributed by atoms with Crippen molar-refractivity contribution in [1.82, 2.24) is 0 Å². The maximum Gasteiger partial charge on any atom is 0.349 e. The Morgan fingerprint density at radius 1 is 1.13 bits per heavy atom. The Kier molecular flexibility index (Phi) is 2.61. The molecular weight excluding hydrogens is 208 g/mol. The zero-order valence-corrected chi connectivity index (χ0v) is 7.11. The maximum atomic E-state index is 10.4. The summed E-state index contributed by atoms with van der Waals surface area (Å²) in [7, 11) is 0. The molecule has 0 bridgehead atoms. The molecule has 0 saturated carbocycles. The number of nitrogens with zero attached hydrogens (tertiary/aromatic N) is 2. The number of nitro groups is 2. The normalized spacial score (nSPS) is 9.60. The smallest absolute Gasteiger partial charge is 0.349 e. The van der Waals surface area contributed by atoms with Gasteiger partial charge >= 0.3 is 11.4 Å². The minimum atomic E-state index is -1.01. The fourth-order valence-electron chi connectivity index (χ4n) is 0.969. The molecule has 15 heavy (non-hydrogen) atoms. The first-order valence-electron chi connectivity index (χ1n) is 3.58. The molecule has 1 aromatic carbocycles. The van der Waals surface area contributed by atoms with Crippen LogP contribution < -0.4 is 0 Å². The molecule has 8 nitrogen and oxygen atoms in total. The number of carbonyl (C=O) groups is 1. The Morgan fingerprint density at radius 3 is 2.00 bits per heavy atom. The number of benzene rings is 1. The van der Waals surface area contributed by atoms with E-state index >= 15 is 0 Å². The van der Waals surface area contributed by atoms with Crippen LogP contribution in [0.5, 0.6) is 5.75 Å². The van der Waals surface area contributed by atoms with Crippen molar-refractivity contribution in [2.75, 3.05) is 0 Å². The van der Waals surface area contributed by atoms with Gasteiger partial charge in [0.2, 0.25) is 0 Å². The van der Waals surface area contributed by atoms with Crippen LogP contribution >= 0.6 is 0 Å². The highest BCUT2D eigenvalue weighted by Gasteiger charge is 2.26. The molecule has 1 aromatic rings. The molecule has 8 heteroatoms. The van der Waals surface area contributed by atoms with Gasteiger partial charge in [0.05, 0.1) is 21.5 Å². The average Bonchev–Trinajstić information content (AvgIpc) is 2.16. The number of hydrogen-bond donors (Lipinski definition) is 1. The van der Waals surface area contributed by atoms with Crippen LogP contribution in [0, 0.1) is 20.2 Å². The second-order valence-corrected chi connectivity index (χ2v) is 2.53. The number of rotatable bonds is 3. The van der Waals surface area contributed by atoms with Gasteiger partial charge in [-0.25, -0.2) is 0 Å². The lowest BCUT2D eigenvalue weighted by Gasteiger charge is -1.98. The lowest BCUT2D eigenvalue weighted by molar-refractivity contribution is -0.422. The highest BCUT2D eigenvalue weighted by molar-refractivity contribution is 5.82. The molecule has 0 saturated heterocycles. The van der Waals surface area contributed by atoms with Gasteiger partial charge in [-0.1, -0.05) is 0 Å². The first-order chi connectivity index (χ1) is 6.97. The van der Waals surface area contributed by atoms with E-state index in [0.29, 0.717) is 12.1 Å². The molecule has 0 aliphatic rings. The summed E-state index contributed by atoms with van der Waals surface area (Å²) in [6, 6.07) is 1.22. The summed E-state index contributed by atoms with van der Waals surface area (Å²) in [5.74, 6) is -0.665. The summed E-state index contributed by atoms with van der Waals surface area (Å²) in [6.07, 6.45) is 0.173. The second kappa shape index (κ2) is 3.70. The fourth-order valence-corrected chi connectivity index (χ4v) is 0.969. The molecule has 78 valence electrons. The standard InChI is InChI=1S/C7H4N2O6/c10-3-4-1-5(8(12)13)6(9(14)15)2-7(4)11/h1-3,11H. The number of phenols is 1. The number of hydrogen-bond acceptors (Lipinski definition) is 6. The van der Waals surface area contributed by atoms with Crippen molar-refractivity contribution in [3.8, 4) is 5.75 Å². The number of aldehydes is 1. The van der Waals surface area contributed by atoms with Gasteiger partial charge in [0.1, 0.15) is 5.75 Å². The summed E-state index contributed by atoms with van der Waals surface area (Å²) in [6.45, 7) is 0. The largest absolute Gasteiger partial charge is 0.507 e. The molecule has 0 aliphatic carbocycles. The van der Waals surface area contributed by atoms with Crippen LogP contribution in [0.25, 0.3) is 0 Å². The van der Waals surface area contributed by atoms with E-state index in [-0.39, 0.29) is 11.8 Å². The SMILES string of the molecule is O=Cc1cc([N+](=O)[O-])c([N+](=O)[O-])cc1O. The maximum absolute atomic E-state index is 10.4. The van der Waals surface area contributed by atoms with Crippen LogP contribution in [0.15, 0.2) is 12.1 Å². The Bertz CT molecular complexity index is 455. The summed E-state index contributed by atoms with van der Waals surface area (Å²) in [5.41, 5.74) is -2.06. The third-order valence-corrected chi connectivity index (χ3v) is 1.64. The fraction of sp³-hybridized carbons (Fsp3) is 0. The van der Waals surface area contributed by atoms with E-state index in [1.54, 1.807) is 0 Å². The lowest BCUT2D eigenvalue weighted by Crippen LogP contribution is -1.98. The molecule has 0 heterocycles. The van der Waals surface area contributed by atoms with Crippen LogP contribution in [0.2, 0.25) is 0 Å². The van der Waals surface area contributed by atoms with E-state index in [9.17, 15) is 25.0 Å².